The van der Waals surface area contributed by atoms with Crippen LogP contribution in [-0.4, -0.2) is 20.3 Å². The lowest BCUT2D eigenvalue weighted by Gasteiger charge is -1.94. The molecule has 0 radical (unpaired) electrons. The van der Waals surface area contributed by atoms with E-state index < -0.39 is 0 Å². The summed E-state index contributed by atoms with van der Waals surface area (Å²) in [5, 5.41) is 28.6. The van der Waals surface area contributed by atoms with Crippen molar-refractivity contribution in [2.24, 2.45) is 0 Å². The number of para-hydroxylation sites is 2. The maximum Gasteiger partial charge on any atom is 0.122 e. The van der Waals surface area contributed by atoms with Gasteiger partial charge in [0.2, 0.25) is 0 Å². The number of phenolic OH excluding ortho intramolecular Hbond substituents is 3. The number of hydrogen-bond acceptors (Lipinski definition) is 3. The zero-order valence-electron chi connectivity index (χ0n) is 11.7. The van der Waals surface area contributed by atoms with Gasteiger partial charge in [0.15, 0.2) is 0 Å². The molecule has 0 aliphatic rings. The van der Waals surface area contributed by atoms with E-state index in [0.717, 1.165) is 18.2 Å². The number of hydrogen-bond donors (Lipinski definition) is 4. The fourth-order valence-electron chi connectivity index (χ4n) is 2.38. The van der Waals surface area contributed by atoms with Crippen molar-refractivity contribution < 1.29 is 15.3 Å². The van der Waals surface area contributed by atoms with E-state index in [1.807, 2.05) is 0 Å². The number of phenols is 3. The van der Waals surface area contributed by atoms with Gasteiger partial charge in [-0.2, -0.15) is 0 Å². The number of rotatable bonds is 0. The predicted molar refractivity (Wildman–Crippen MR) is 87.2 cm³/mol. The summed E-state index contributed by atoms with van der Waals surface area (Å²) in [5.41, 5.74) is 2.42. The second kappa shape index (κ2) is 5.69. The topological polar surface area (TPSA) is 76.5 Å². The Morgan fingerprint density at radius 3 is 1.32 bits per heavy atom. The van der Waals surface area contributed by atoms with E-state index in [-0.39, 0.29) is 17.2 Å². The number of aromatic amines is 1. The molecule has 4 N–H and O–H groups in total. The molecule has 4 heteroatoms. The van der Waals surface area contributed by atoms with Crippen molar-refractivity contribution in [1.29, 1.82) is 0 Å². The third-order valence-electron chi connectivity index (χ3n) is 3.30. The van der Waals surface area contributed by atoms with Gasteiger partial charge in [-0.05, 0) is 12.1 Å². The lowest BCUT2D eigenvalue weighted by molar-refractivity contribution is 0.428. The number of fused-ring (bicyclic) bond motifs is 3. The standard InChI is InChI=1S/C12H9N.C6H6O3/c1-3-7-11-9(5-1)10-6-2-4-8-12(10)13-11;7-4-1-5(8)3-6(9)2-4/h1-8,13H;1-3,7-9H. The minimum Gasteiger partial charge on any atom is -0.508 e. The SMILES string of the molecule is Oc1cc(O)cc(O)c1.c1ccc2c(c1)[nH]c1ccccc12. The molecule has 0 aliphatic carbocycles. The summed E-state index contributed by atoms with van der Waals surface area (Å²) in [5.74, 6) is -0.437. The normalized spacial score (nSPS) is 10.4. The van der Waals surface area contributed by atoms with Crippen LogP contribution < -0.4 is 0 Å². The maximum atomic E-state index is 8.67. The van der Waals surface area contributed by atoms with Gasteiger partial charge in [0.1, 0.15) is 17.2 Å². The molecule has 22 heavy (non-hydrogen) atoms. The van der Waals surface area contributed by atoms with E-state index >= 15 is 0 Å². The molecule has 0 amide bonds. The van der Waals surface area contributed by atoms with Gasteiger partial charge in [0.25, 0.3) is 0 Å². The van der Waals surface area contributed by atoms with Crippen LogP contribution in [0.4, 0.5) is 0 Å². The van der Waals surface area contributed by atoms with Crippen molar-refractivity contribution in [3.05, 3.63) is 66.7 Å². The fraction of sp³-hybridized carbons (Fsp3) is 0. The van der Waals surface area contributed by atoms with Crippen molar-refractivity contribution in [3.63, 3.8) is 0 Å². The van der Waals surface area contributed by atoms with E-state index in [1.54, 1.807) is 0 Å². The first-order valence-electron chi connectivity index (χ1n) is 6.81. The van der Waals surface area contributed by atoms with E-state index in [9.17, 15) is 0 Å². The van der Waals surface area contributed by atoms with Gasteiger partial charge in [0, 0.05) is 40.0 Å². The molecule has 1 aromatic heterocycles. The van der Waals surface area contributed by atoms with Gasteiger partial charge in [-0.3, -0.25) is 0 Å². The molecule has 1 heterocycles. The van der Waals surface area contributed by atoms with E-state index in [2.05, 4.69) is 53.5 Å². The minimum absolute atomic E-state index is 0.146. The second-order valence-corrected chi connectivity index (χ2v) is 4.92. The van der Waals surface area contributed by atoms with Gasteiger partial charge >= 0.3 is 0 Å². The number of aromatic hydroxyl groups is 3. The highest BCUT2D eigenvalue weighted by molar-refractivity contribution is 6.06. The highest BCUT2D eigenvalue weighted by atomic mass is 16.3. The zero-order valence-corrected chi connectivity index (χ0v) is 11.7. The average Bonchev–Trinajstić information content (AvgIpc) is 2.85. The molecular weight excluding hydrogens is 278 g/mol. The lowest BCUT2D eigenvalue weighted by atomic mass is 10.2. The maximum absolute atomic E-state index is 8.67. The molecule has 110 valence electrons. The largest absolute Gasteiger partial charge is 0.508 e. The van der Waals surface area contributed by atoms with E-state index in [0.29, 0.717) is 0 Å². The Balaban J connectivity index is 0.000000142. The summed E-state index contributed by atoms with van der Waals surface area (Å²) in [6.45, 7) is 0. The van der Waals surface area contributed by atoms with Crippen LogP contribution in [0.25, 0.3) is 21.8 Å². The highest BCUT2D eigenvalue weighted by Gasteiger charge is 2.00. The van der Waals surface area contributed by atoms with Crippen molar-refractivity contribution >= 4 is 21.8 Å². The van der Waals surface area contributed by atoms with Crippen molar-refractivity contribution in [2.45, 2.75) is 0 Å². The van der Waals surface area contributed by atoms with Crippen molar-refractivity contribution in [1.82, 2.24) is 4.98 Å². The third-order valence-corrected chi connectivity index (χ3v) is 3.30. The Hall–Kier alpha value is -3.14. The Kier molecular flexibility index (Phi) is 3.58. The molecule has 0 fully saturated rings. The summed E-state index contributed by atoms with van der Waals surface area (Å²) in [7, 11) is 0. The molecule has 0 atom stereocenters. The molecular formula is C18H15NO3. The van der Waals surface area contributed by atoms with Crippen LogP contribution in [0.3, 0.4) is 0 Å². The van der Waals surface area contributed by atoms with Gasteiger partial charge in [-0.25, -0.2) is 0 Å². The first-order chi connectivity index (χ1) is 10.6. The molecule has 0 bridgehead atoms. The first kappa shape index (κ1) is 13.8. The van der Waals surface area contributed by atoms with Crippen molar-refractivity contribution in [3.8, 4) is 17.2 Å². The van der Waals surface area contributed by atoms with E-state index in [1.165, 1.54) is 21.8 Å². The van der Waals surface area contributed by atoms with Crippen LogP contribution in [0.2, 0.25) is 0 Å². The van der Waals surface area contributed by atoms with Gasteiger partial charge in [-0.1, -0.05) is 36.4 Å². The Morgan fingerprint density at radius 1 is 0.545 bits per heavy atom. The summed E-state index contributed by atoms with van der Waals surface area (Å²) in [6, 6.07) is 20.2. The Labute approximate surface area is 126 Å². The zero-order chi connectivity index (χ0) is 15.5. The predicted octanol–water partition coefficient (Wildman–Crippen LogP) is 4.12. The number of nitrogens with one attached hydrogen (secondary N) is 1. The fourth-order valence-corrected chi connectivity index (χ4v) is 2.38. The molecule has 4 nitrogen and oxygen atoms in total. The average molecular weight is 293 g/mol. The lowest BCUT2D eigenvalue weighted by Crippen LogP contribution is -1.66. The number of aromatic nitrogens is 1. The third kappa shape index (κ3) is 2.81. The number of benzene rings is 3. The Morgan fingerprint density at radius 2 is 0.909 bits per heavy atom. The highest BCUT2D eigenvalue weighted by Crippen LogP contribution is 2.24. The van der Waals surface area contributed by atoms with Crippen LogP contribution in [-0.2, 0) is 0 Å². The molecule has 0 unspecified atom stereocenters. The van der Waals surface area contributed by atoms with Crippen LogP contribution >= 0.6 is 0 Å². The summed E-state index contributed by atoms with van der Waals surface area (Å²) in [4.78, 5) is 3.38. The first-order valence-corrected chi connectivity index (χ1v) is 6.81. The molecule has 4 rings (SSSR count). The van der Waals surface area contributed by atoms with E-state index in [4.69, 9.17) is 15.3 Å². The van der Waals surface area contributed by atoms with Crippen LogP contribution in [0.5, 0.6) is 17.2 Å². The van der Waals surface area contributed by atoms with Crippen LogP contribution in [0.1, 0.15) is 0 Å². The van der Waals surface area contributed by atoms with Gasteiger partial charge in [-0.15, -0.1) is 0 Å². The quantitative estimate of drug-likeness (QED) is 0.394. The number of H-pyrrole nitrogens is 1. The minimum atomic E-state index is -0.146. The summed E-state index contributed by atoms with van der Waals surface area (Å²) < 4.78 is 0. The molecule has 0 aliphatic heterocycles. The second-order valence-electron chi connectivity index (χ2n) is 4.92. The molecule has 3 aromatic carbocycles. The van der Waals surface area contributed by atoms with Crippen molar-refractivity contribution in [2.75, 3.05) is 0 Å². The van der Waals surface area contributed by atoms with Gasteiger partial charge in [0.05, 0.1) is 0 Å². The monoisotopic (exact) mass is 293 g/mol. The van der Waals surface area contributed by atoms with Crippen LogP contribution in [0.15, 0.2) is 66.7 Å². The molecule has 0 saturated heterocycles. The van der Waals surface area contributed by atoms with Gasteiger partial charge < -0.3 is 20.3 Å². The molecule has 4 aromatic rings. The smallest absolute Gasteiger partial charge is 0.122 e. The van der Waals surface area contributed by atoms with Crippen LogP contribution in [0, 0.1) is 0 Å². The molecule has 0 saturated carbocycles. The Bertz CT molecular complexity index is 827. The summed E-state index contributed by atoms with van der Waals surface area (Å²) in [6.07, 6.45) is 0. The molecule has 0 spiro atoms. The summed E-state index contributed by atoms with van der Waals surface area (Å²) >= 11 is 0.